The predicted molar refractivity (Wildman–Crippen MR) is 76.6 cm³/mol. The van der Waals surface area contributed by atoms with Gasteiger partial charge in [-0.1, -0.05) is 6.42 Å². The molecule has 0 bridgehead atoms. The van der Waals surface area contributed by atoms with Crippen molar-refractivity contribution in [3.63, 3.8) is 0 Å². The zero-order valence-corrected chi connectivity index (χ0v) is 13.1. The Balaban J connectivity index is 1.85. The second-order valence-corrected chi connectivity index (χ2v) is 10.3. The fourth-order valence-electron chi connectivity index (χ4n) is 2.98. The SMILES string of the molecule is O=S1(=O)CCC(S(=O)(=O)NCC2CCCC(O)C2)CC1. The van der Waals surface area contributed by atoms with Gasteiger partial charge in [0.2, 0.25) is 10.0 Å². The van der Waals surface area contributed by atoms with Crippen molar-refractivity contribution in [3.05, 3.63) is 0 Å². The van der Waals surface area contributed by atoms with Crippen LogP contribution in [0.25, 0.3) is 0 Å². The smallest absolute Gasteiger partial charge is 0.214 e. The Labute approximate surface area is 120 Å². The van der Waals surface area contributed by atoms with E-state index in [1.807, 2.05) is 0 Å². The normalized spacial score (nSPS) is 32.0. The summed E-state index contributed by atoms with van der Waals surface area (Å²) in [5, 5.41) is 8.97. The number of nitrogens with one attached hydrogen (secondary N) is 1. The van der Waals surface area contributed by atoms with Gasteiger partial charge in [0.25, 0.3) is 0 Å². The Hall–Kier alpha value is -0.180. The topological polar surface area (TPSA) is 101 Å². The Kier molecular flexibility index (Phi) is 5.09. The van der Waals surface area contributed by atoms with Gasteiger partial charge in [0, 0.05) is 6.54 Å². The minimum absolute atomic E-state index is 0.0410. The highest BCUT2D eigenvalue weighted by molar-refractivity contribution is 7.92. The number of aliphatic hydroxyl groups excluding tert-OH is 1. The van der Waals surface area contributed by atoms with Crippen molar-refractivity contribution in [2.45, 2.75) is 49.9 Å². The summed E-state index contributed by atoms with van der Waals surface area (Å²) in [6.07, 6.45) is 3.34. The van der Waals surface area contributed by atoms with Crippen molar-refractivity contribution in [3.8, 4) is 0 Å². The first kappa shape index (κ1) is 16.2. The molecule has 8 heteroatoms. The molecule has 0 spiro atoms. The van der Waals surface area contributed by atoms with E-state index in [9.17, 15) is 21.9 Å². The fraction of sp³-hybridized carbons (Fsp3) is 1.00. The second kappa shape index (κ2) is 6.29. The van der Waals surface area contributed by atoms with Crippen molar-refractivity contribution in [2.75, 3.05) is 18.1 Å². The Morgan fingerprint density at radius 1 is 1.10 bits per heavy atom. The van der Waals surface area contributed by atoms with Crippen LogP contribution in [0.3, 0.4) is 0 Å². The van der Waals surface area contributed by atoms with Crippen LogP contribution in [0.2, 0.25) is 0 Å². The summed E-state index contributed by atoms with van der Waals surface area (Å²) in [4.78, 5) is 0. The van der Waals surface area contributed by atoms with E-state index < -0.39 is 25.1 Å². The summed E-state index contributed by atoms with van der Waals surface area (Å²) in [5.74, 6) is 0.0994. The van der Waals surface area contributed by atoms with Gasteiger partial charge < -0.3 is 5.11 Å². The second-order valence-electron chi connectivity index (χ2n) is 5.93. The number of sulfonamides is 1. The summed E-state index contributed by atoms with van der Waals surface area (Å²) >= 11 is 0. The lowest BCUT2D eigenvalue weighted by Crippen LogP contribution is -2.42. The Morgan fingerprint density at radius 3 is 2.35 bits per heavy atom. The molecular formula is C12H23NO5S2. The largest absolute Gasteiger partial charge is 0.393 e. The van der Waals surface area contributed by atoms with Crippen LogP contribution < -0.4 is 4.72 Å². The molecule has 1 heterocycles. The molecule has 2 unspecified atom stereocenters. The van der Waals surface area contributed by atoms with E-state index in [1.54, 1.807) is 0 Å². The maximum absolute atomic E-state index is 12.2. The third-order valence-electron chi connectivity index (χ3n) is 4.27. The molecule has 0 aromatic rings. The number of rotatable bonds is 4. The molecule has 1 aliphatic heterocycles. The number of sulfone groups is 1. The molecule has 118 valence electrons. The van der Waals surface area contributed by atoms with Crippen LogP contribution in [0, 0.1) is 5.92 Å². The first-order chi connectivity index (χ1) is 9.28. The molecule has 2 aliphatic rings. The molecule has 20 heavy (non-hydrogen) atoms. The highest BCUT2D eigenvalue weighted by atomic mass is 32.2. The number of hydrogen-bond donors (Lipinski definition) is 2. The van der Waals surface area contributed by atoms with Gasteiger partial charge >= 0.3 is 0 Å². The van der Waals surface area contributed by atoms with E-state index in [0.717, 1.165) is 19.3 Å². The Morgan fingerprint density at radius 2 is 1.75 bits per heavy atom. The lowest BCUT2D eigenvalue weighted by molar-refractivity contribution is 0.102. The van der Waals surface area contributed by atoms with Gasteiger partial charge in [0.1, 0.15) is 9.84 Å². The molecule has 1 saturated heterocycles. The molecule has 2 fully saturated rings. The number of hydrogen-bond acceptors (Lipinski definition) is 5. The molecule has 2 N–H and O–H groups in total. The summed E-state index contributed by atoms with van der Waals surface area (Å²) in [6, 6.07) is 0. The minimum Gasteiger partial charge on any atom is -0.393 e. The maximum atomic E-state index is 12.2. The quantitative estimate of drug-likeness (QED) is 0.760. The maximum Gasteiger partial charge on any atom is 0.214 e. The first-order valence-electron chi connectivity index (χ1n) is 7.15. The van der Waals surface area contributed by atoms with Gasteiger partial charge in [0.05, 0.1) is 22.9 Å². The van der Waals surface area contributed by atoms with Crippen LogP contribution in [0.15, 0.2) is 0 Å². The molecule has 0 radical (unpaired) electrons. The van der Waals surface area contributed by atoms with Crippen LogP contribution in [-0.2, 0) is 19.9 Å². The van der Waals surface area contributed by atoms with Crippen molar-refractivity contribution >= 4 is 19.9 Å². The van der Waals surface area contributed by atoms with E-state index in [4.69, 9.17) is 0 Å². The van der Waals surface area contributed by atoms with Crippen LogP contribution in [-0.4, -0.2) is 51.3 Å². The molecule has 2 rings (SSSR count). The van der Waals surface area contributed by atoms with Gasteiger partial charge in [-0.25, -0.2) is 21.6 Å². The van der Waals surface area contributed by atoms with Crippen LogP contribution in [0.1, 0.15) is 38.5 Å². The van der Waals surface area contributed by atoms with Crippen molar-refractivity contribution in [1.82, 2.24) is 4.72 Å². The van der Waals surface area contributed by atoms with E-state index >= 15 is 0 Å². The van der Waals surface area contributed by atoms with Crippen LogP contribution >= 0.6 is 0 Å². The molecule has 0 aromatic heterocycles. The molecule has 2 atom stereocenters. The average Bonchev–Trinajstić information content (AvgIpc) is 2.36. The van der Waals surface area contributed by atoms with E-state index in [-0.39, 0.29) is 36.4 Å². The highest BCUT2D eigenvalue weighted by Crippen LogP contribution is 2.24. The summed E-state index contributed by atoms with van der Waals surface area (Å²) in [5.41, 5.74) is 0. The van der Waals surface area contributed by atoms with Gasteiger partial charge in [-0.15, -0.1) is 0 Å². The van der Waals surface area contributed by atoms with Gasteiger partial charge in [-0.05, 0) is 38.0 Å². The number of aliphatic hydroxyl groups is 1. The molecular weight excluding hydrogens is 302 g/mol. The van der Waals surface area contributed by atoms with Crippen molar-refractivity contribution < 1.29 is 21.9 Å². The lowest BCUT2D eigenvalue weighted by atomic mass is 9.87. The van der Waals surface area contributed by atoms with E-state index in [2.05, 4.69) is 4.72 Å². The van der Waals surface area contributed by atoms with Crippen LogP contribution in [0.4, 0.5) is 0 Å². The Bertz CT molecular complexity index is 514. The first-order valence-corrected chi connectivity index (χ1v) is 10.5. The van der Waals surface area contributed by atoms with Gasteiger partial charge in [0.15, 0.2) is 0 Å². The standard InChI is InChI=1S/C12H23NO5S2/c14-11-3-1-2-10(8-11)9-13-20(17,18)12-4-6-19(15,16)7-5-12/h10-14H,1-9H2. The van der Waals surface area contributed by atoms with Gasteiger partial charge in [-0.2, -0.15) is 0 Å². The van der Waals surface area contributed by atoms with Gasteiger partial charge in [-0.3, -0.25) is 0 Å². The van der Waals surface area contributed by atoms with Crippen LogP contribution in [0.5, 0.6) is 0 Å². The fourth-order valence-corrected chi connectivity index (χ4v) is 6.33. The third-order valence-corrected chi connectivity index (χ3v) is 7.90. The summed E-state index contributed by atoms with van der Waals surface area (Å²) in [6.45, 7) is 0.350. The monoisotopic (exact) mass is 325 g/mol. The molecule has 1 aliphatic carbocycles. The molecule has 0 amide bonds. The molecule has 6 nitrogen and oxygen atoms in total. The van der Waals surface area contributed by atoms with Crippen molar-refractivity contribution in [1.29, 1.82) is 0 Å². The predicted octanol–water partition coefficient (Wildman–Crippen LogP) is 0.0341. The highest BCUT2D eigenvalue weighted by Gasteiger charge is 2.33. The zero-order chi connectivity index (χ0) is 14.8. The molecule has 0 aromatic carbocycles. The average molecular weight is 325 g/mol. The lowest BCUT2D eigenvalue weighted by Gasteiger charge is -2.27. The van der Waals surface area contributed by atoms with E-state index in [1.165, 1.54) is 0 Å². The third kappa shape index (κ3) is 4.41. The summed E-state index contributed by atoms with van der Waals surface area (Å²) in [7, 11) is -6.49. The van der Waals surface area contributed by atoms with Crippen molar-refractivity contribution in [2.24, 2.45) is 5.92 Å². The molecule has 1 saturated carbocycles. The van der Waals surface area contributed by atoms with E-state index in [0.29, 0.717) is 13.0 Å². The minimum atomic E-state index is -3.45. The summed E-state index contributed by atoms with van der Waals surface area (Å²) < 4.78 is 49.6. The zero-order valence-electron chi connectivity index (χ0n) is 11.5.